The van der Waals surface area contributed by atoms with E-state index >= 15 is 0 Å². The maximum atomic E-state index is 12.9. The lowest BCUT2D eigenvalue weighted by Gasteiger charge is -2.18. The van der Waals surface area contributed by atoms with Crippen LogP contribution >= 0.6 is 0 Å². The minimum absolute atomic E-state index is 0.140. The summed E-state index contributed by atoms with van der Waals surface area (Å²) in [4.78, 5) is 12.8. The van der Waals surface area contributed by atoms with E-state index in [-0.39, 0.29) is 18.2 Å². The first-order chi connectivity index (χ1) is 13.0. The first-order valence-electron chi connectivity index (χ1n) is 8.28. The highest BCUT2D eigenvalue weighted by molar-refractivity contribution is 7.93. The molecule has 0 saturated carbocycles. The Morgan fingerprint density at radius 1 is 1.04 bits per heavy atom. The summed E-state index contributed by atoms with van der Waals surface area (Å²) in [5.74, 6) is 0.707. The maximum absolute atomic E-state index is 12.9. The molecule has 0 atom stereocenters. The van der Waals surface area contributed by atoms with E-state index in [4.69, 9.17) is 9.47 Å². The highest BCUT2D eigenvalue weighted by atomic mass is 32.2. The van der Waals surface area contributed by atoms with Crippen molar-refractivity contribution >= 4 is 38.1 Å². The molecule has 0 aliphatic carbocycles. The van der Waals surface area contributed by atoms with Gasteiger partial charge in [0.2, 0.25) is 12.7 Å². The third-order valence-electron chi connectivity index (χ3n) is 4.62. The van der Waals surface area contributed by atoms with Crippen molar-refractivity contribution in [2.75, 3.05) is 23.0 Å². The molecule has 2 aliphatic heterocycles. The normalized spacial score (nSPS) is 15.9. The van der Waals surface area contributed by atoms with E-state index in [1.165, 1.54) is 0 Å². The second-order valence-corrected chi connectivity index (χ2v) is 8.09. The molecule has 7 nitrogen and oxygen atoms in total. The van der Waals surface area contributed by atoms with Crippen LogP contribution in [0.3, 0.4) is 0 Å². The fourth-order valence-electron chi connectivity index (χ4n) is 3.43. The number of nitrogens with one attached hydrogen (secondary N) is 1. The van der Waals surface area contributed by atoms with Crippen LogP contribution < -0.4 is 19.1 Å². The van der Waals surface area contributed by atoms with Gasteiger partial charge in [0.25, 0.3) is 10.0 Å². The zero-order valence-electron chi connectivity index (χ0n) is 14.0. The van der Waals surface area contributed by atoms with Gasteiger partial charge in [0.15, 0.2) is 11.5 Å². The number of anilines is 2. The largest absolute Gasteiger partial charge is 0.454 e. The summed E-state index contributed by atoms with van der Waals surface area (Å²) in [6.45, 7) is -0.175. The Morgan fingerprint density at radius 3 is 2.67 bits per heavy atom. The number of rotatable bonds is 3. The summed E-state index contributed by atoms with van der Waals surface area (Å²) in [5.41, 5.74) is 1.03. The molecule has 2 aliphatic rings. The lowest BCUT2D eigenvalue weighted by molar-refractivity contribution is -0.114. The first-order valence-corrected chi connectivity index (χ1v) is 9.72. The molecule has 27 heavy (non-hydrogen) atoms. The van der Waals surface area contributed by atoms with Gasteiger partial charge in [-0.1, -0.05) is 24.3 Å². The molecule has 0 bridgehead atoms. The van der Waals surface area contributed by atoms with E-state index in [0.717, 1.165) is 9.69 Å². The number of hydrogen-bond acceptors (Lipinski definition) is 5. The molecule has 0 saturated heterocycles. The van der Waals surface area contributed by atoms with Gasteiger partial charge in [-0.05, 0) is 29.7 Å². The highest BCUT2D eigenvalue weighted by Gasteiger charge is 2.36. The Bertz CT molecular complexity index is 1200. The Balaban J connectivity index is 1.44. The number of carbonyl (C=O) groups is 1. The Hall–Kier alpha value is -3.26. The molecule has 136 valence electrons. The van der Waals surface area contributed by atoms with Crippen molar-refractivity contribution in [3.8, 4) is 11.5 Å². The molecule has 3 aromatic rings. The molecule has 0 radical (unpaired) electrons. The SMILES string of the molecule is O=C(CN1c2cccc3cccc(c23)S1(=O)=O)Nc1ccc2c(c1)OCO2. The van der Waals surface area contributed by atoms with Crippen LogP contribution in [0.2, 0.25) is 0 Å². The van der Waals surface area contributed by atoms with Crippen LogP contribution in [0.4, 0.5) is 11.4 Å². The Morgan fingerprint density at radius 2 is 1.81 bits per heavy atom. The van der Waals surface area contributed by atoms with E-state index < -0.39 is 15.9 Å². The fraction of sp³-hybridized carbons (Fsp3) is 0.105. The van der Waals surface area contributed by atoms with Crippen molar-refractivity contribution in [3.05, 3.63) is 54.6 Å². The summed E-state index contributed by atoms with van der Waals surface area (Å²) in [6.07, 6.45) is 0. The minimum atomic E-state index is -3.77. The van der Waals surface area contributed by atoms with E-state index in [9.17, 15) is 13.2 Å². The number of benzene rings is 3. The average molecular weight is 382 g/mol. The van der Waals surface area contributed by atoms with E-state index in [0.29, 0.717) is 28.3 Å². The third-order valence-corrected chi connectivity index (χ3v) is 6.43. The number of hydrogen-bond donors (Lipinski definition) is 1. The second kappa shape index (κ2) is 5.62. The standard InChI is InChI=1S/C19H14N2O5S/c22-18(20-13-7-8-15-16(9-13)26-11-25-15)10-21-14-5-1-3-12-4-2-6-17(19(12)14)27(21,23)24/h1-9H,10-11H2,(H,20,22). The smallest absolute Gasteiger partial charge is 0.265 e. The van der Waals surface area contributed by atoms with E-state index in [2.05, 4.69) is 5.32 Å². The summed E-state index contributed by atoms with van der Waals surface area (Å²) < 4.78 is 37.5. The molecule has 2 heterocycles. The molecule has 1 amide bonds. The monoisotopic (exact) mass is 382 g/mol. The van der Waals surface area contributed by atoms with Gasteiger partial charge >= 0.3 is 0 Å². The Kier molecular flexibility index (Phi) is 3.32. The topological polar surface area (TPSA) is 84.9 Å². The lowest BCUT2D eigenvalue weighted by atomic mass is 10.1. The molecule has 3 aromatic carbocycles. The van der Waals surface area contributed by atoms with Crippen LogP contribution in [0, 0.1) is 0 Å². The number of fused-ring (bicyclic) bond motifs is 1. The van der Waals surface area contributed by atoms with Gasteiger partial charge < -0.3 is 14.8 Å². The van der Waals surface area contributed by atoms with Crippen LogP contribution in [-0.2, 0) is 14.8 Å². The molecule has 0 aromatic heterocycles. The van der Waals surface area contributed by atoms with Crippen LogP contribution in [0.25, 0.3) is 10.8 Å². The summed E-state index contributed by atoms with van der Waals surface area (Å²) in [5, 5.41) is 4.19. The quantitative estimate of drug-likeness (QED) is 0.753. The minimum Gasteiger partial charge on any atom is -0.454 e. The maximum Gasteiger partial charge on any atom is 0.265 e. The molecule has 5 rings (SSSR count). The number of amides is 1. The van der Waals surface area contributed by atoms with Crippen molar-refractivity contribution in [2.24, 2.45) is 0 Å². The zero-order valence-corrected chi connectivity index (χ0v) is 14.8. The molecular formula is C19H14N2O5S. The molecule has 0 unspecified atom stereocenters. The molecule has 8 heteroatoms. The van der Waals surface area contributed by atoms with Crippen molar-refractivity contribution < 1.29 is 22.7 Å². The predicted molar refractivity (Wildman–Crippen MR) is 99.7 cm³/mol. The first kappa shape index (κ1) is 16.0. The molecule has 0 fully saturated rings. The Labute approximate surface area is 155 Å². The number of carbonyl (C=O) groups excluding carboxylic acids is 1. The molecular weight excluding hydrogens is 368 g/mol. The van der Waals surface area contributed by atoms with Gasteiger partial charge in [-0.2, -0.15) is 0 Å². The van der Waals surface area contributed by atoms with Crippen LogP contribution in [-0.4, -0.2) is 27.7 Å². The fourth-order valence-corrected chi connectivity index (χ4v) is 5.10. The molecule has 1 N–H and O–H groups in total. The zero-order chi connectivity index (χ0) is 18.6. The van der Waals surface area contributed by atoms with E-state index in [1.807, 2.05) is 12.1 Å². The number of nitrogens with zero attached hydrogens (tertiary/aromatic N) is 1. The van der Waals surface area contributed by atoms with Gasteiger partial charge in [-0.3, -0.25) is 9.10 Å². The van der Waals surface area contributed by atoms with Crippen LogP contribution in [0.15, 0.2) is 59.5 Å². The van der Waals surface area contributed by atoms with Crippen molar-refractivity contribution in [2.45, 2.75) is 4.90 Å². The summed E-state index contributed by atoms with van der Waals surface area (Å²) in [7, 11) is -3.77. The van der Waals surface area contributed by atoms with Crippen molar-refractivity contribution in [1.82, 2.24) is 0 Å². The summed E-state index contributed by atoms with van der Waals surface area (Å²) >= 11 is 0. The molecule has 0 spiro atoms. The van der Waals surface area contributed by atoms with Gasteiger partial charge in [0, 0.05) is 17.1 Å². The number of sulfonamides is 1. The lowest BCUT2D eigenvalue weighted by Crippen LogP contribution is -2.35. The van der Waals surface area contributed by atoms with Gasteiger partial charge in [0.05, 0.1) is 10.6 Å². The summed E-state index contributed by atoms with van der Waals surface area (Å²) in [6, 6.07) is 15.5. The third kappa shape index (κ3) is 2.41. The predicted octanol–water partition coefficient (Wildman–Crippen LogP) is 2.72. The van der Waals surface area contributed by atoms with E-state index in [1.54, 1.807) is 42.5 Å². The number of ether oxygens (including phenoxy) is 2. The van der Waals surface area contributed by atoms with Gasteiger partial charge in [-0.25, -0.2) is 8.42 Å². The average Bonchev–Trinajstić information content (AvgIpc) is 3.20. The van der Waals surface area contributed by atoms with Crippen molar-refractivity contribution in [1.29, 1.82) is 0 Å². The van der Waals surface area contributed by atoms with Gasteiger partial charge in [0.1, 0.15) is 6.54 Å². The van der Waals surface area contributed by atoms with Gasteiger partial charge in [-0.15, -0.1) is 0 Å². The van der Waals surface area contributed by atoms with Crippen LogP contribution in [0.5, 0.6) is 11.5 Å². The van der Waals surface area contributed by atoms with Crippen LogP contribution in [0.1, 0.15) is 0 Å². The second-order valence-electron chi connectivity index (χ2n) is 6.26. The highest BCUT2D eigenvalue weighted by Crippen LogP contribution is 2.41. The van der Waals surface area contributed by atoms with Crippen molar-refractivity contribution in [3.63, 3.8) is 0 Å².